The number of amides is 1. The molecule has 0 aliphatic carbocycles. The number of nitrogens with zero attached hydrogens (tertiary/aromatic N) is 5. The van der Waals surface area contributed by atoms with Crippen molar-refractivity contribution in [3.05, 3.63) is 65.9 Å². The highest BCUT2D eigenvalue weighted by Gasteiger charge is 2.45. The van der Waals surface area contributed by atoms with E-state index in [0.717, 1.165) is 29.5 Å². The van der Waals surface area contributed by atoms with Crippen LogP contribution in [0.5, 0.6) is 0 Å². The number of piperidine rings is 1. The number of carbonyl (C=O) groups excluding carboxylic acids is 2. The molecule has 9 nitrogen and oxygen atoms in total. The summed E-state index contributed by atoms with van der Waals surface area (Å²) in [7, 11) is 0. The van der Waals surface area contributed by atoms with Crippen LogP contribution in [0.4, 0.5) is 10.2 Å². The normalized spacial score (nSPS) is 21.3. The maximum atomic E-state index is 13.3. The van der Waals surface area contributed by atoms with Crippen LogP contribution in [0.15, 0.2) is 48.8 Å². The average molecular weight is 529 g/mol. The Bertz CT molecular complexity index is 1570. The van der Waals surface area contributed by atoms with Gasteiger partial charge in [-0.15, -0.1) is 0 Å². The Labute approximate surface area is 224 Å². The van der Waals surface area contributed by atoms with Crippen molar-refractivity contribution >= 4 is 23.2 Å². The Morgan fingerprint density at radius 2 is 1.72 bits per heavy atom. The number of hydrogen-bond donors (Lipinski definition) is 2. The van der Waals surface area contributed by atoms with Crippen molar-refractivity contribution in [2.45, 2.75) is 63.6 Å². The molecule has 3 aromatic heterocycles. The number of aliphatic hydroxyl groups excluding tert-OH is 1. The molecule has 0 radical (unpaired) electrons. The first-order chi connectivity index (χ1) is 18.7. The van der Waals surface area contributed by atoms with Crippen LogP contribution in [0.25, 0.3) is 28.0 Å². The van der Waals surface area contributed by atoms with E-state index in [-0.39, 0.29) is 41.3 Å². The molecule has 4 atom stereocenters. The number of halogens is 1. The molecule has 0 unspecified atom stereocenters. The Kier molecular flexibility index (Phi) is 6.14. The van der Waals surface area contributed by atoms with Gasteiger partial charge in [0.25, 0.3) is 5.91 Å². The zero-order valence-electron chi connectivity index (χ0n) is 21.7. The van der Waals surface area contributed by atoms with E-state index in [2.05, 4.69) is 10.1 Å². The summed E-state index contributed by atoms with van der Waals surface area (Å²) in [5, 5.41) is 14.3. The van der Waals surface area contributed by atoms with E-state index >= 15 is 0 Å². The molecule has 6 rings (SSSR count). The summed E-state index contributed by atoms with van der Waals surface area (Å²) >= 11 is 0. The SMILES string of the molecule is CC(=O)c1c([C@H]2C[C@H]3CC[C@@H](C2)N3C(=O)[C@@H](C)O)nc2c(-c3ccc(-c4ccc(F)cc4)nc3)cnn2c1N. The summed E-state index contributed by atoms with van der Waals surface area (Å²) in [5.41, 5.74) is 11.1. The van der Waals surface area contributed by atoms with E-state index in [1.165, 1.54) is 30.5 Å². The minimum absolute atomic E-state index is 0.0116. The zero-order chi connectivity index (χ0) is 27.4. The van der Waals surface area contributed by atoms with Crippen molar-refractivity contribution in [2.75, 3.05) is 5.73 Å². The largest absolute Gasteiger partial charge is 0.384 e. The second kappa shape index (κ2) is 9.53. The van der Waals surface area contributed by atoms with Crippen LogP contribution >= 0.6 is 0 Å². The number of aliphatic hydroxyl groups is 1. The number of nitrogens with two attached hydrogens (primary N) is 1. The van der Waals surface area contributed by atoms with Gasteiger partial charge in [-0.25, -0.2) is 9.37 Å². The molecular formula is C29H29FN6O3. The molecule has 2 aliphatic heterocycles. The Morgan fingerprint density at radius 3 is 2.31 bits per heavy atom. The molecular weight excluding hydrogens is 499 g/mol. The summed E-state index contributed by atoms with van der Waals surface area (Å²) < 4.78 is 14.8. The minimum atomic E-state index is -1.04. The van der Waals surface area contributed by atoms with Crippen LogP contribution in [0, 0.1) is 5.82 Å². The number of rotatable bonds is 5. The van der Waals surface area contributed by atoms with Gasteiger partial charge in [-0.1, -0.05) is 6.07 Å². The fraction of sp³-hybridized carbons (Fsp3) is 0.345. The van der Waals surface area contributed by atoms with E-state index in [9.17, 15) is 19.1 Å². The second-order valence-electron chi connectivity index (χ2n) is 10.5. The first-order valence-electron chi connectivity index (χ1n) is 13.1. The fourth-order valence-corrected chi connectivity index (χ4v) is 6.21. The van der Waals surface area contributed by atoms with Gasteiger partial charge in [0.15, 0.2) is 11.4 Å². The number of benzene rings is 1. The summed E-state index contributed by atoms with van der Waals surface area (Å²) in [4.78, 5) is 36.8. The molecule has 200 valence electrons. The highest BCUT2D eigenvalue weighted by Crippen LogP contribution is 2.44. The third-order valence-electron chi connectivity index (χ3n) is 8.01. The molecule has 4 aromatic rings. The smallest absolute Gasteiger partial charge is 0.251 e. The van der Waals surface area contributed by atoms with Crippen LogP contribution in [0.3, 0.4) is 0 Å². The number of Topliss-reactive ketones (excluding diaryl/α,β-unsaturated/α-hetero) is 1. The van der Waals surface area contributed by atoms with Gasteiger partial charge in [0.05, 0.1) is 23.1 Å². The number of nitrogen functional groups attached to an aromatic ring is 1. The molecule has 2 fully saturated rings. The number of hydrogen-bond acceptors (Lipinski definition) is 7. The van der Waals surface area contributed by atoms with Crippen LogP contribution in [-0.4, -0.2) is 59.5 Å². The third-order valence-corrected chi connectivity index (χ3v) is 8.01. The topological polar surface area (TPSA) is 127 Å². The average Bonchev–Trinajstić information content (AvgIpc) is 3.46. The number of aromatic nitrogens is 4. The third kappa shape index (κ3) is 4.24. The standard InChI is InChI=1S/C29H29FN6O3/c1-15(37)25-26(19-11-21-8-9-22(12-19)35(21)29(39)16(2)38)34-28-23(14-33-36(28)27(25)31)18-5-10-24(32-13-18)17-3-6-20(30)7-4-17/h3-7,10,13-14,16,19,21-22,38H,8-9,11-12,31H2,1-2H3/t16-,19-,21+,22-/m1/s1. The maximum Gasteiger partial charge on any atom is 0.251 e. The van der Waals surface area contributed by atoms with Crippen LogP contribution in [0.1, 0.15) is 61.5 Å². The summed E-state index contributed by atoms with van der Waals surface area (Å²) in [6.07, 6.45) is 5.35. The zero-order valence-corrected chi connectivity index (χ0v) is 21.7. The molecule has 2 bridgehead atoms. The molecule has 2 saturated heterocycles. The predicted molar refractivity (Wildman–Crippen MR) is 143 cm³/mol. The summed E-state index contributed by atoms with van der Waals surface area (Å²) in [6.45, 7) is 2.98. The van der Waals surface area contributed by atoms with Gasteiger partial charge in [-0.2, -0.15) is 9.61 Å². The Hall–Kier alpha value is -4.18. The van der Waals surface area contributed by atoms with Crippen LogP contribution in [0.2, 0.25) is 0 Å². The molecule has 39 heavy (non-hydrogen) atoms. The van der Waals surface area contributed by atoms with Gasteiger partial charge in [-0.05, 0) is 69.9 Å². The van der Waals surface area contributed by atoms with E-state index in [1.54, 1.807) is 24.5 Å². The Balaban J connectivity index is 1.39. The van der Waals surface area contributed by atoms with Gasteiger partial charge >= 0.3 is 0 Å². The minimum Gasteiger partial charge on any atom is -0.384 e. The number of pyridine rings is 1. The van der Waals surface area contributed by atoms with Gasteiger partial charge in [-0.3, -0.25) is 14.6 Å². The predicted octanol–water partition coefficient (Wildman–Crippen LogP) is 4.00. The lowest BCUT2D eigenvalue weighted by molar-refractivity contribution is -0.144. The van der Waals surface area contributed by atoms with Crippen molar-refractivity contribution < 1.29 is 19.1 Å². The second-order valence-corrected chi connectivity index (χ2v) is 10.5. The van der Waals surface area contributed by atoms with E-state index in [1.807, 2.05) is 17.0 Å². The van der Waals surface area contributed by atoms with Gasteiger partial charge in [0.1, 0.15) is 17.7 Å². The van der Waals surface area contributed by atoms with Crippen molar-refractivity contribution in [1.29, 1.82) is 0 Å². The molecule has 3 N–H and O–H groups in total. The van der Waals surface area contributed by atoms with E-state index in [0.29, 0.717) is 35.4 Å². The van der Waals surface area contributed by atoms with Crippen molar-refractivity contribution in [2.24, 2.45) is 0 Å². The van der Waals surface area contributed by atoms with Gasteiger partial charge in [0.2, 0.25) is 0 Å². The number of carbonyl (C=O) groups is 2. The number of fused-ring (bicyclic) bond motifs is 3. The molecule has 1 aromatic carbocycles. The van der Waals surface area contributed by atoms with E-state index in [4.69, 9.17) is 10.7 Å². The van der Waals surface area contributed by atoms with Gasteiger partial charge in [0, 0.05) is 40.9 Å². The first-order valence-corrected chi connectivity index (χ1v) is 13.1. The lowest BCUT2D eigenvalue weighted by atomic mass is 9.85. The van der Waals surface area contributed by atoms with Gasteiger partial charge < -0.3 is 15.7 Å². The highest BCUT2D eigenvalue weighted by molar-refractivity contribution is 6.00. The number of anilines is 1. The number of ketones is 1. The molecule has 5 heterocycles. The first kappa shape index (κ1) is 25.1. The molecule has 10 heteroatoms. The molecule has 2 aliphatic rings. The monoisotopic (exact) mass is 528 g/mol. The quantitative estimate of drug-likeness (QED) is 0.375. The molecule has 1 amide bonds. The Morgan fingerprint density at radius 1 is 1.05 bits per heavy atom. The lowest BCUT2D eigenvalue weighted by Crippen LogP contribution is -2.49. The summed E-state index contributed by atoms with van der Waals surface area (Å²) in [5.74, 6) is -0.563. The highest BCUT2D eigenvalue weighted by atomic mass is 19.1. The van der Waals surface area contributed by atoms with Crippen LogP contribution in [-0.2, 0) is 4.79 Å². The summed E-state index contributed by atoms with van der Waals surface area (Å²) in [6, 6.07) is 9.88. The van der Waals surface area contributed by atoms with Crippen molar-refractivity contribution in [1.82, 2.24) is 24.5 Å². The van der Waals surface area contributed by atoms with Crippen molar-refractivity contribution in [3.8, 4) is 22.4 Å². The fourth-order valence-electron chi connectivity index (χ4n) is 6.21. The van der Waals surface area contributed by atoms with Crippen LogP contribution < -0.4 is 5.73 Å². The lowest BCUT2D eigenvalue weighted by Gasteiger charge is -2.39. The molecule has 0 spiro atoms. The van der Waals surface area contributed by atoms with E-state index < -0.39 is 6.10 Å². The maximum absolute atomic E-state index is 13.3. The molecule has 0 saturated carbocycles. The van der Waals surface area contributed by atoms with Crippen molar-refractivity contribution in [3.63, 3.8) is 0 Å².